The van der Waals surface area contributed by atoms with Gasteiger partial charge in [0.1, 0.15) is 5.41 Å². The van der Waals surface area contributed by atoms with E-state index in [1.807, 2.05) is 13.8 Å². The quantitative estimate of drug-likeness (QED) is 0.577. The zero-order valence-corrected chi connectivity index (χ0v) is 16.7. The summed E-state index contributed by atoms with van der Waals surface area (Å²) in [6.45, 7) is 16.8. The van der Waals surface area contributed by atoms with E-state index < -0.39 is 17.8 Å². The van der Waals surface area contributed by atoms with Crippen LogP contribution in [0.4, 0.5) is 4.79 Å². The van der Waals surface area contributed by atoms with Crippen LogP contribution >= 0.6 is 0 Å². The van der Waals surface area contributed by atoms with E-state index >= 15 is 0 Å². The lowest BCUT2D eigenvalue weighted by molar-refractivity contribution is -0.161. The molecule has 0 atom stereocenters. The van der Waals surface area contributed by atoms with Crippen molar-refractivity contribution in [2.24, 2.45) is 5.41 Å². The number of nitrogens with zero attached hydrogens (tertiary/aromatic N) is 2. The van der Waals surface area contributed by atoms with Gasteiger partial charge in [0.2, 0.25) is 5.91 Å². The first-order valence-electron chi connectivity index (χ1n) is 9.34. The minimum absolute atomic E-state index is 0.0923. The highest BCUT2D eigenvalue weighted by molar-refractivity contribution is 5.95. The first kappa shape index (κ1) is 21.2. The molecule has 1 fully saturated rings. The molecule has 0 unspecified atom stereocenters. The number of hydrogen-bond acceptors (Lipinski definition) is 5. The maximum Gasteiger partial charge on any atom is 0.410 e. The van der Waals surface area contributed by atoms with Gasteiger partial charge in [0.25, 0.3) is 0 Å². The fraction of sp³-hybridized carbons (Fsp3) is 0.600. The number of carbonyl (C=O) groups excluding carboxylic acids is 2. The third-order valence-corrected chi connectivity index (χ3v) is 4.69. The van der Waals surface area contributed by atoms with E-state index in [0.29, 0.717) is 18.9 Å². The standard InChI is InChI=1S/C20H30N2O5/c1-7-15-16(8-2)22(11-17(25-9-3)26-10-4)18(23)20(15)12-21(13-20)19(24)27-14(5)6/h7-8,14,17H,1-2,9-13H2,3-6H3. The zero-order valence-electron chi connectivity index (χ0n) is 16.7. The van der Waals surface area contributed by atoms with Gasteiger partial charge in [-0.05, 0) is 39.3 Å². The predicted molar refractivity (Wildman–Crippen MR) is 102 cm³/mol. The second-order valence-electron chi connectivity index (χ2n) is 6.83. The van der Waals surface area contributed by atoms with Gasteiger partial charge in [-0.1, -0.05) is 19.2 Å². The lowest BCUT2D eigenvalue weighted by atomic mass is 9.74. The van der Waals surface area contributed by atoms with Crippen LogP contribution in [0.25, 0.3) is 0 Å². The Morgan fingerprint density at radius 3 is 2.22 bits per heavy atom. The number of rotatable bonds is 9. The molecule has 0 aromatic rings. The van der Waals surface area contributed by atoms with E-state index in [1.165, 1.54) is 4.90 Å². The van der Waals surface area contributed by atoms with Gasteiger partial charge in [0.05, 0.1) is 12.6 Å². The molecule has 0 saturated carbocycles. The summed E-state index contributed by atoms with van der Waals surface area (Å²) >= 11 is 0. The molecule has 0 aliphatic carbocycles. The molecule has 2 heterocycles. The Bertz CT molecular complexity index is 628. The van der Waals surface area contributed by atoms with Crippen molar-refractivity contribution in [3.8, 4) is 0 Å². The molecule has 27 heavy (non-hydrogen) atoms. The van der Waals surface area contributed by atoms with Gasteiger partial charge >= 0.3 is 6.09 Å². The molecule has 0 aromatic carbocycles. The number of likely N-dealkylation sites (tertiary alicyclic amines) is 1. The van der Waals surface area contributed by atoms with Crippen molar-refractivity contribution in [1.29, 1.82) is 0 Å². The summed E-state index contributed by atoms with van der Waals surface area (Å²) in [5.41, 5.74) is 0.670. The van der Waals surface area contributed by atoms with Gasteiger partial charge in [-0.3, -0.25) is 4.79 Å². The van der Waals surface area contributed by atoms with Crippen LogP contribution in [0, 0.1) is 5.41 Å². The van der Waals surface area contributed by atoms with Crippen molar-refractivity contribution in [2.45, 2.75) is 40.1 Å². The minimum Gasteiger partial charge on any atom is -0.447 e. The van der Waals surface area contributed by atoms with E-state index in [2.05, 4.69) is 13.2 Å². The number of allylic oxidation sites excluding steroid dienone is 2. The molecule has 2 amide bonds. The van der Waals surface area contributed by atoms with Gasteiger partial charge in [0.15, 0.2) is 6.29 Å². The molecule has 2 aliphatic rings. The topological polar surface area (TPSA) is 68.3 Å². The van der Waals surface area contributed by atoms with Crippen molar-refractivity contribution in [3.63, 3.8) is 0 Å². The van der Waals surface area contributed by atoms with Crippen molar-refractivity contribution in [3.05, 3.63) is 36.6 Å². The summed E-state index contributed by atoms with van der Waals surface area (Å²) < 4.78 is 16.4. The summed E-state index contributed by atoms with van der Waals surface area (Å²) in [5.74, 6) is -0.0923. The van der Waals surface area contributed by atoms with E-state index in [4.69, 9.17) is 14.2 Å². The number of amides is 2. The average molecular weight is 378 g/mol. The monoisotopic (exact) mass is 378 g/mol. The van der Waals surface area contributed by atoms with E-state index in [1.54, 1.807) is 30.9 Å². The highest BCUT2D eigenvalue weighted by Crippen LogP contribution is 2.48. The van der Waals surface area contributed by atoms with Crippen LogP contribution in [-0.4, -0.2) is 67.0 Å². The molecule has 0 bridgehead atoms. The minimum atomic E-state index is -0.801. The Kier molecular flexibility index (Phi) is 6.84. The lowest BCUT2D eigenvalue weighted by Gasteiger charge is -2.46. The second kappa shape index (κ2) is 8.71. The SMILES string of the molecule is C=CC1=C(C=C)C2(CN(C(=O)OC(C)C)C2)C(=O)N1CC(OCC)OCC. The predicted octanol–water partition coefficient (Wildman–Crippen LogP) is 2.70. The Morgan fingerprint density at radius 2 is 1.78 bits per heavy atom. The molecule has 0 radical (unpaired) electrons. The molecule has 150 valence electrons. The van der Waals surface area contributed by atoms with Crippen molar-refractivity contribution >= 4 is 12.0 Å². The lowest BCUT2D eigenvalue weighted by Crippen LogP contribution is -2.63. The second-order valence-corrected chi connectivity index (χ2v) is 6.83. The Balaban J connectivity index is 2.22. The van der Waals surface area contributed by atoms with Crippen LogP contribution in [0.2, 0.25) is 0 Å². The first-order valence-corrected chi connectivity index (χ1v) is 9.34. The summed E-state index contributed by atoms with van der Waals surface area (Å²) in [5, 5.41) is 0. The highest BCUT2D eigenvalue weighted by Gasteiger charge is 2.59. The third-order valence-electron chi connectivity index (χ3n) is 4.69. The molecule has 7 heteroatoms. The van der Waals surface area contributed by atoms with Crippen molar-refractivity contribution in [2.75, 3.05) is 32.8 Å². The molecule has 1 saturated heterocycles. The normalized spacial score (nSPS) is 18.5. The van der Waals surface area contributed by atoms with Crippen molar-refractivity contribution in [1.82, 2.24) is 9.80 Å². The van der Waals surface area contributed by atoms with E-state index in [0.717, 1.165) is 5.57 Å². The maximum absolute atomic E-state index is 13.3. The summed E-state index contributed by atoms with van der Waals surface area (Å²) in [4.78, 5) is 28.6. The molecule has 0 N–H and O–H groups in total. The maximum atomic E-state index is 13.3. The molecule has 1 spiro atoms. The number of carbonyl (C=O) groups is 2. The fourth-order valence-corrected chi connectivity index (χ4v) is 3.57. The largest absolute Gasteiger partial charge is 0.447 e. The van der Waals surface area contributed by atoms with Gasteiger partial charge in [-0.2, -0.15) is 0 Å². The van der Waals surface area contributed by atoms with E-state index in [-0.39, 0.29) is 31.6 Å². The molecule has 2 rings (SSSR count). The Morgan fingerprint density at radius 1 is 1.19 bits per heavy atom. The van der Waals surface area contributed by atoms with Crippen LogP contribution < -0.4 is 0 Å². The van der Waals surface area contributed by atoms with Crippen molar-refractivity contribution < 1.29 is 23.8 Å². The number of hydrogen-bond donors (Lipinski definition) is 0. The smallest absolute Gasteiger partial charge is 0.410 e. The van der Waals surface area contributed by atoms with Gasteiger partial charge in [-0.15, -0.1) is 0 Å². The first-order chi connectivity index (χ1) is 12.8. The summed E-state index contributed by atoms with van der Waals surface area (Å²) in [6, 6.07) is 0. The van der Waals surface area contributed by atoms with Crippen LogP contribution in [0.15, 0.2) is 36.6 Å². The van der Waals surface area contributed by atoms with Gasteiger partial charge in [0, 0.05) is 32.0 Å². The molecule has 2 aliphatic heterocycles. The zero-order chi connectivity index (χ0) is 20.2. The summed E-state index contributed by atoms with van der Waals surface area (Å²) in [6.07, 6.45) is 2.18. The fourth-order valence-electron chi connectivity index (χ4n) is 3.57. The van der Waals surface area contributed by atoms with Crippen LogP contribution in [0.3, 0.4) is 0 Å². The van der Waals surface area contributed by atoms with E-state index in [9.17, 15) is 9.59 Å². The van der Waals surface area contributed by atoms with Crippen LogP contribution in [0.5, 0.6) is 0 Å². The Labute approximate surface area is 161 Å². The average Bonchev–Trinajstić information content (AvgIpc) is 2.81. The Hall–Kier alpha value is -2.12. The molecular formula is C20H30N2O5. The van der Waals surface area contributed by atoms with Gasteiger partial charge < -0.3 is 24.0 Å². The number of ether oxygens (including phenoxy) is 3. The highest BCUT2D eigenvalue weighted by atomic mass is 16.7. The summed E-state index contributed by atoms with van der Waals surface area (Å²) in [7, 11) is 0. The van der Waals surface area contributed by atoms with Crippen LogP contribution in [-0.2, 0) is 19.0 Å². The van der Waals surface area contributed by atoms with Crippen LogP contribution in [0.1, 0.15) is 27.7 Å². The van der Waals surface area contributed by atoms with Gasteiger partial charge in [-0.25, -0.2) is 4.79 Å². The third kappa shape index (κ3) is 3.94. The molecular weight excluding hydrogens is 348 g/mol. The molecule has 0 aromatic heterocycles. The molecule has 7 nitrogen and oxygen atoms in total.